The Morgan fingerprint density at radius 3 is 2.78 bits per heavy atom. The van der Waals surface area contributed by atoms with Gasteiger partial charge in [-0.25, -0.2) is 0 Å². The molecule has 2 nitrogen and oxygen atoms in total. The summed E-state index contributed by atoms with van der Waals surface area (Å²) in [6.07, 6.45) is 2.79. The normalized spacial score (nSPS) is 36.7. The van der Waals surface area contributed by atoms with Crippen LogP contribution in [0.4, 0.5) is 0 Å². The molecule has 0 aromatic heterocycles. The van der Waals surface area contributed by atoms with Gasteiger partial charge in [-0.2, -0.15) is 0 Å². The van der Waals surface area contributed by atoms with Gasteiger partial charge in [0.1, 0.15) is 0 Å². The summed E-state index contributed by atoms with van der Waals surface area (Å²) in [5, 5.41) is 3.25. The van der Waals surface area contributed by atoms with Gasteiger partial charge in [0.15, 0.2) is 0 Å². The first-order valence-electron chi connectivity index (χ1n) is 3.62. The first-order chi connectivity index (χ1) is 4.33. The average Bonchev–Trinajstić information content (AvgIpc) is 1.88. The van der Waals surface area contributed by atoms with Crippen molar-refractivity contribution < 1.29 is 4.74 Å². The molecule has 54 valence electrons. The Morgan fingerprint density at radius 1 is 1.56 bits per heavy atom. The van der Waals surface area contributed by atoms with Gasteiger partial charge in [0.25, 0.3) is 0 Å². The van der Waals surface area contributed by atoms with Crippen molar-refractivity contribution in [2.75, 3.05) is 13.7 Å². The molecule has 1 heterocycles. The molecular weight excluding hydrogens is 114 g/mol. The fraction of sp³-hybridized carbons (Fsp3) is 1.00. The molecule has 1 aliphatic heterocycles. The lowest BCUT2D eigenvalue weighted by molar-refractivity contribution is 0.0147. The predicted molar refractivity (Wildman–Crippen MR) is 37.5 cm³/mol. The van der Waals surface area contributed by atoms with Crippen molar-refractivity contribution in [1.82, 2.24) is 5.32 Å². The highest BCUT2D eigenvalue weighted by molar-refractivity contribution is 4.72. The number of nitrogens with one attached hydrogen (secondary N) is 1. The molecule has 2 heteroatoms. The largest absolute Gasteiger partial charge is 0.378 e. The van der Waals surface area contributed by atoms with Crippen molar-refractivity contribution in [3.8, 4) is 0 Å². The first kappa shape index (κ1) is 7.03. The number of hydrogen-bond acceptors (Lipinski definition) is 2. The Kier molecular flexibility index (Phi) is 2.49. The van der Waals surface area contributed by atoms with Gasteiger partial charge in [-0.15, -0.1) is 0 Å². The SMILES string of the molecule is CN[C@H]1CCO[C@@H](C)C1. The zero-order chi connectivity index (χ0) is 6.69. The van der Waals surface area contributed by atoms with E-state index in [9.17, 15) is 0 Å². The molecule has 0 bridgehead atoms. The highest BCUT2D eigenvalue weighted by atomic mass is 16.5. The van der Waals surface area contributed by atoms with E-state index in [-0.39, 0.29) is 0 Å². The van der Waals surface area contributed by atoms with Crippen molar-refractivity contribution in [2.24, 2.45) is 0 Å². The van der Waals surface area contributed by atoms with Crippen LogP contribution in [-0.4, -0.2) is 25.8 Å². The standard InChI is InChI=1S/C7H15NO/c1-6-5-7(8-2)3-4-9-6/h6-8H,3-5H2,1-2H3/t6-,7-/m0/s1. The smallest absolute Gasteiger partial charge is 0.0561 e. The third-order valence-corrected chi connectivity index (χ3v) is 1.89. The maximum Gasteiger partial charge on any atom is 0.0561 e. The second kappa shape index (κ2) is 3.18. The lowest BCUT2D eigenvalue weighted by atomic mass is 10.1. The maximum absolute atomic E-state index is 5.37. The Hall–Kier alpha value is -0.0800. The van der Waals surface area contributed by atoms with Crippen LogP contribution in [0.1, 0.15) is 19.8 Å². The van der Waals surface area contributed by atoms with E-state index >= 15 is 0 Å². The van der Waals surface area contributed by atoms with Gasteiger partial charge in [0.05, 0.1) is 6.10 Å². The van der Waals surface area contributed by atoms with E-state index in [4.69, 9.17) is 4.74 Å². The van der Waals surface area contributed by atoms with Crippen LogP contribution in [0.2, 0.25) is 0 Å². The van der Waals surface area contributed by atoms with Crippen LogP contribution in [0.25, 0.3) is 0 Å². The minimum atomic E-state index is 0.455. The van der Waals surface area contributed by atoms with Gasteiger partial charge >= 0.3 is 0 Å². The summed E-state index contributed by atoms with van der Waals surface area (Å²) in [6, 6.07) is 0.689. The van der Waals surface area contributed by atoms with Gasteiger partial charge in [0.2, 0.25) is 0 Å². The summed E-state index contributed by atoms with van der Waals surface area (Å²) in [6.45, 7) is 3.05. The van der Waals surface area contributed by atoms with E-state index in [0.29, 0.717) is 12.1 Å². The van der Waals surface area contributed by atoms with Gasteiger partial charge in [-0.05, 0) is 26.8 Å². The second-order valence-electron chi connectivity index (χ2n) is 2.69. The molecule has 0 aromatic rings. The van der Waals surface area contributed by atoms with Crippen LogP contribution < -0.4 is 5.32 Å². The molecule has 1 saturated heterocycles. The second-order valence-corrected chi connectivity index (χ2v) is 2.69. The molecule has 0 spiro atoms. The molecule has 1 fully saturated rings. The highest BCUT2D eigenvalue weighted by Crippen LogP contribution is 2.11. The predicted octanol–water partition coefficient (Wildman–Crippen LogP) is 0.773. The van der Waals surface area contributed by atoms with Gasteiger partial charge in [-0.3, -0.25) is 0 Å². The zero-order valence-corrected chi connectivity index (χ0v) is 6.18. The van der Waals surface area contributed by atoms with Crippen molar-refractivity contribution in [3.05, 3.63) is 0 Å². The third kappa shape index (κ3) is 1.95. The van der Waals surface area contributed by atoms with Gasteiger partial charge in [0, 0.05) is 12.6 Å². The minimum Gasteiger partial charge on any atom is -0.378 e. The van der Waals surface area contributed by atoms with E-state index in [1.165, 1.54) is 6.42 Å². The van der Waals surface area contributed by atoms with Crippen molar-refractivity contribution >= 4 is 0 Å². The Balaban J connectivity index is 2.23. The topological polar surface area (TPSA) is 21.3 Å². The minimum absolute atomic E-state index is 0.455. The van der Waals surface area contributed by atoms with Crippen LogP contribution in [-0.2, 0) is 4.74 Å². The lowest BCUT2D eigenvalue weighted by Gasteiger charge is -2.26. The molecule has 1 N–H and O–H groups in total. The Bertz CT molecular complexity index is 85.0. The zero-order valence-electron chi connectivity index (χ0n) is 6.18. The first-order valence-corrected chi connectivity index (χ1v) is 3.62. The summed E-state index contributed by atoms with van der Waals surface area (Å²) < 4.78 is 5.37. The van der Waals surface area contributed by atoms with Gasteiger partial charge in [-0.1, -0.05) is 0 Å². The number of hydrogen-bond donors (Lipinski definition) is 1. The van der Waals surface area contributed by atoms with Crippen LogP contribution in [0.15, 0.2) is 0 Å². The third-order valence-electron chi connectivity index (χ3n) is 1.89. The molecule has 1 aliphatic rings. The van der Waals surface area contributed by atoms with Gasteiger partial charge < -0.3 is 10.1 Å². The molecule has 0 aromatic carbocycles. The molecule has 1 rings (SSSR count). The highest BCUT2D eigenvalue weighted by Gasteiger charge is 2.16. The van der Waals surface area contributed by atoms with Crippen molar-refractivity contribution in [1.29, 1.82) is 0 Å². The molecule has 2 atom stereocenters. The molecule has 0 unspecified atom stereocenters. The fourth-order valence-electron chi connectivity index (χ4n) is 1.26. The van der Waals surface area contributed by atoms with Crippen LogP contribution >= 0.6 is 0 Å². The van der Waals surface area contributed by atoms with E-state index in [0.717, 1.165) is 13.0 Å². The summed E-state index contributed by atoms with van der Waals surface area (Å²) in [7, 11) is 2.02. The van der Waals surface area contributed by atoms with Crippen LogP contribution in [0.5, 0.6) is 0 Å². The average molecular weight is 129 g/mol. The fourth-order valence-corrected chi connectivity index (χ4v) is 1.26. The number of ether oxygens (including phenoxy) is 1. The summed E-state index contributed by atoms with van der Waals surface area (Å²) in [4.78, 5) is 0. The summed E-state index contributed by atoms with van der Waals surface area (Å²) >= 11 is 0. The van der Waals surface area contributed by atoms with E-state index in [2.05, 4.69) is 12.2 Å². The van der Waals surface area contributed by atoms with E-state index < -0.39 is 0 Å². The summed E-state index contributed by atoms with van der Waals surface area (Å²) in [5.74, 6) is 0. The van der Waals surface area contributed by atoms with Crippen molar-refractivity contribution in [3.63, 3.8) is 0 Å². The quantitative estimate of drug-likeness (QED) is 0.564. The molecule has 9 heavy (non-hydrogen) atoms. The summed E-state index contributed by atoms with van der Waals surface area (Å²) in [5.41, 5.74) is 0. The van der Waals surface area contributed by atoms with E-state index in [1.807, 2.05) is 7.05 Å². The Morgan fingerprint density at radius 2 is 2.33 bits per heavy atom. The molecule has 0 saturated carbocycles. The molecule has 0 amide bonds. The molecule has 0 radical (unpaired) electrons. The number of rotatable bonds is 1. The molecule has 0 aliphatic carbocycles. The molecular formula is C7H15NO. The van der Waals surface area contributed by atoms with Crippen LogP contribution in [0.3, 0.4) is 0 Å². The monoisotopic (exact) mass is 129 g/mol. The maximum atomic E-state index is 5.37. The van der Waals surface area contributed by atoms with Crippen LogP contribution in [0, 0.1) is 0 Å². The Labute approximate surface area is 56.6 Å². The van der Waals surface area contributed by atoms with Crippen molar-refractivity contribution in [2.45, 2.75) is 31.9 Å². The lowest BCUT2D eigenvalue weighted by Crippen LogP contribution is -2.35. The van der Waals surface area contributed by atoms with E-state index in [1.54, 1.807) is 0 Å².